The van der Waals surface area contributed by atoms with Crippen molar-refractivity contribution in [2.45, 2.75) is 20.8 Å². The first-order chi connectivity index (χ1) is 6.77. The lowest BCUT2D eigenvalue weighted by molar-refractivity contribution is 0.101. The molecule has 0 saturated heterocycles. The maximum absolute atomic E-state index is 10.9. The summed E-state index contributed by atoms with van der Waals surface area (Å²) in [6.07, 6.45) is 0. The molecule has 2 rings (SSSR count). The van der Waals surface area contributed by atoms with Crippen LogP contribution in [0.1, 0.15) is 31.1 Å². The first kappa shape index (κ1) is 10.6. The number of carbonyl (C=O) groups excluding carboxylic acids is 1. The van der Waals surface area contributed by atoms with Gasteiger partial charge in [0.1, 0.15) is 0 Å². The highest BCUT2D eigenvalue weighted by molar-refractivity contribution is 5.94. The maximum atomic E-state index is 10.9. The largest absolute Gasteiger partial charge is 0.454 e. The molecule has 0 saturated carbocycles. The Balaban J connectivity index is 0.000000461. The molecule has 0 spiro atoms. The lowest BCUT2D eigenvalue weighted by Gasteiger charge is -1.97. The number of ether oxygens (including phenoxy) is 2. The second kappa shape index (κ2) is 4.65. The zero-order valence-corrected chi connectivity index (χ0v) is 8.66. The zero-order chi connectivity index (χ0) is 10.6. The van der Waals surface area contributed by atoms with Crippen molar-refractivity contribution >= 4 is 5.78 Å². The minimum Gasteiger partial charge on any atom is -0.454 e. The molecule has 0 fully saturated rings. The Morgan fingerprint density at radius 1 is 1.21 bits per heavy atom. The monoisotopic (exact) mass is 194 g/mol. The van der Waals surface area contributed by atoms with Gasteiger partial charge in [-0.1, -0.05) is 13.8 Å². The molecular formula is C11H14O3. The van der Waals surface area contributed by atoms with E-state index in [0.29, 0.717) is 17.1 Å². The third-order valence-corrected chi connectivity index (χ3v) is 1.78. The summed E-state index contributed by atoms with van der Waals surface area (Å²) < 4.78 is 10.2. The van der Waals surface area contributed by atoms with E-state index in [1.165, 1.54) is 6.92 Å². The minimum atomic E-state index is 0.0355. The Bertz CT molecular complexity index is 331. The quantitative estimate of drug-likeness (QED) is 0.645. The van der Waals surface area contributed by atoms with E-state index < -0.39 is 0 Å². The number of ketones is 1. The molecule has 1 aromatic rings. The van der Waals surface area contributed by atoms with Crippen molar-refractivity contribution in [3.8, 4) is 11.5 Å². The molecule has 0 bridgehead atoms. The molecule has 0 N–H and O–H groups in total. The molecule has 1 aliphatic heterocycles. The van der Waals surface area contributed by atoms with Crippen LogP contribution in [0.2, 0.25) is 0 Å². The second-order valence-corrected chi connectivity index (χ2v) is 2.62. The number of hydrogen-bond acceptors (Lipinski definition) is 3. The highest BCUT2D eigenvalue weighted by Crippen LogP contribution is 2.32. The fraction of sp³-hybridized carbons (Fsp3) is 0.364. The van der Waals surface area contributed by atoms with Gasteiger partial charge in [-0.2, -0.15) is 0 Å². The fourth-order valence-corrected chi connectivity index (χ4v) is 1.12. The predicted octanol–water partition coefficient (Wildman–Crippen LogP) is 2.64. The van der Waals surface area contributed by atoms with Crippen molar-refractivity contribution in [1.29, 1.82) is 0 Å². The highest BCUT2D eigenvalue weighted by Gasteiger charge is 2.13. The summed E-state index contributed by atoms with van der Waals surface area (Å²) in [6, 6.07) is 5.18. The molecule has 0 radical (unpaired) electrons. The summed E-state index contributed by atoms with van der Waals surface area (Å²) in [6.45, 7) is 5.77. The van der Waals surface area contributed by atoms with Crippen molar-refractivity contribution in [1.82, 2.24) is 0 Å². The summed E-state index contributed by atoms with van der Waals surface area (Å²) in [5, 5.41) is 0. The molecule has 0 aromatic heterocycles. The van der Waals surface area contributed by atoms with Gasteiger partial charge < -0.3 is 9.47 Å². The SMILES string of the molecule is CC.CC(=O)c1ccc2c(c1)OCO2. The molecule has 1 aromatic carbocycles. The molecule has 0 atom stereocenters. The number of benzene rings is 1. The van der Waals surface area contributed by atoms with Crippen LogP contribution in [0.25, 0.3) is 0 Å². The van der Waals surface area contributed by atoms with Crippen LogP contribution in [0.15, 0.2) is 18.2 Å². The highest BCUT2D eigenvalue weighted by atomic mass is 16.7. The summed E-state index contributed by atoms with van der Waals surface area (Å²) >= 11 is 0. The van der Waals surface area contributed by atoms with Gasteiger partial charge in [-0.25, -0.2) is 0 Å². The van der Waals surface area contributed by atoms with E-state index in [9.17, 15) is 4.79 Å². The van der Waals surface area contributed by atoms with Crippen molar-refractivity contribution in [2.24, 2.45) is 0 Å². The lowest BCUT2D eigenvalue weighted by atomic mass is 10.1. The molecule has 3 heteroatoms. The van der Waals surface area contributed by atoms with Crippen molar-refractivity contribution in [3.63, 3.8) is 0 Å². The van der Waals surface area contributed by atoms with E-state index in [2.05, 4.69) is 0 Å². The van der Waals surface area contributed by atoms with Crippen LogP contribution in [-0.4, -0.2) is 12.6 Å². The number of rotatable bonds is 1. The van der Waals surface area contributed by atoms with Crippen LogP contribution < -0.4 is 9.47 Å². The molecule has 0 unspecified atom stereocenters. The van der Waals surface area contributed by atoms with Gasteiger partial charge >= 0.3 is 0 Å². The van der Waals surface area contributed by atoms with Gasteiger partial charge in [0.05, 0.1) is 0 Å². The number of hydrogen-bond donors (Lipinski definition) is 0. The number of carbonyl (C=O) groups is 1. The first-order valence-corrected chi connectivity index (χ1v) is 4.68. The molecule has 0 amide bonds. The molecule has 1 aliphatic rings. The Morgan fingerprint density at radius 2 is 1.86 bits per heavy atom. The average molecular weight is 194 g/mol. The molecular weight excluding hydrogens is 180 g/mol. The van der Waals surface area contributed by atoms with Crippen LogP contribution in [0, 0.1) is 0 Å². The Labute approximate surface area is 83.6 Å². The normalized spacial score (nSPS) is 11.6. The standard InChI is InChI=1S/C9H8O3.C2H6/c1-6(10)7-2-3-8-9(4-7)12-5-11-8;1-2/h2-4H,5H2,1H3;1-2H3. The van der Waals surface area contributed by atoms with Crippen LogP contribution in [0.5, 0.6) is 11.5 Å². The lowest BCUT2D eigenvalue weighted by Crippen LogP contribution is -1.93. The van der Waals surface area contributed by atoms with Gasteiger partial charge in [-0.15, -0.1) is 0 Å². The van der Waals surface area contributed by atoms with Gasteiger partial charge in [-0.3, -0.25) is 4.79 Å². The number of Topliss-reactive ketones (excluding diaryl/α,β-unsaturated/α-hetero) is 1. The topological polar surface area (TPSA) is 35.5 Å². The molecule has 1 heterocycles. The molecule has 0 aliphatic carbocycles. The van der Waals surface area contributed by atoms with Crippen molar-refractivity contribution in [3.05, 3.63) is 23.8 Å². The van der Waals surface area contributed by atoms with Crippen LogP contribution >= 0.6 is 0 Å². The Kier molecular flexibility index (Phi) is 3.51. The van der Waals surface area contributed by atoms with Crippen molar-refractivity contribution in [2.75, 3.05) is 6.79 Å². The fourth-order valence-electron chi connectivity index (χ4n) is 1.12. The predicted molar refractivity (Wildman–Crippen MR) is 53.9 cm³/mol. The smallest absolute Gasteiger partial charge is 0.231 e. The summed E-state index contributed by atoms with van der Waals surface area (Å²) in [7, 11) is 0. The molecule has 14 heavy (non-hydrogen) atoms. The molecule has 3 nitrogen and oxygen atoms in total. The second-order valence-electron chi connectivity index (χ2n) is 2.62. The Hall–Kier alpha value is -1.51. The summed E-state index contributed by atoms with van der Waals surface area (Å²) in [4.78, 5) is 10.9. The van der Waals surface area contributed by atoms with Gasteiger partial charge in [0, 0.05) is 5.56 Å². The number of fused-ring (bicyclic) bond motifs is 1. The maximum Gasteiger partial charge on any atom is 0.231 e. The van der Waals surface area contributed by atoms with Gasteiger partial charge in [-0.05, 0) is 25.1 Å². The average Bonchev–Trinajstić information content (AvgIpc) is 2.67. The van der Waals surface area contributed by atoms with Crippen LogP contribution in [0.4, 0.5) is 0 Å². The Morgan fingerprint density at radius 3 is 2.50 bits per heavy atom. The van der Waals surface area contributed by atoms with E-state index in [4.69, 9.17) is 9.47 Å². The van der Waals surface area contributed by atoms with E-state index in [1.807, 2.05) is 13.8 Å². The minimum absolute atomic E-state index is 0.0355. The first-order valence-electron chi connectivity index (χ1n) is 4.68. The van der Waals surface area contributed by atoms with Crippen LogP contribution in [-0.2, 0) is 0 Å². The van der Waals surface area contributed by atoms with E-state index in [1.54, 1.807) is 18.2 Å². The third-order valence-electron chi connectivity index (χ3n) is 1.78. The van der Waals surface area contributed by atoms with Gasteiger partial charge in [0.2, 0.25) is 6.79 Å². The zero-order valence-electron chi connectivity index (χ0n) is 8.66. The molecule has 76 valence electrons. The van der Waals surface area contributed by atoms with Gasteiger partial charge in [0.15, 0.2) is 17.3 Å². The summed E-state index contributed by atoms with van der Waals surface area (Å²) in [5.74, 6) is 1.40. The van der Waals surface area contributed by atoms with Crippen LogP contribution in [0.3, 0.4) is 0 Å². The van der Waals surface area contributed by atoms with E-state index in [0.717, 1.165) is 0 Å². The van der Waals surface area contributed by atoms with E-state index in [-0.39, 0.29) is 12.6 Å². The summed E-state index contributed by atoms with van der Waals surface area (Å²) in [5.41, 5.74) is 0.652. The van der Waals surface area contributed by atoms with Gasteiger partial charge in [0.25, 0.3) is 0 Å². The van der Waals surface area contributed by atoms with E-state index >= 15 is 0 Å². The third kappa shape index (κ3) is 2.05. The van der Waals surface area contributed by atoms with Crippen molar-refractivity contribution < 1.29 is 14.3 Å².